The van der Waals surface area contributed by atoms with E-state index in [0.717, 1.165) is 56.3 Å². The summed E-state index contributed by atoms with van der Waals surface area (Å²) >= 11 is 0. The van der Waals surface area contributed by atoms with Crippen molar-refractivity contribution < 1.29 is 0 Å². The number of hydrogen-bond donors (Lipinski definition) is 0. The van der Waals surface area contributed by atoms with E-state index in [1.807, 2.05) is 42.5 Å². The van der Waals surface area contributed by atoms with Crippen molar-refractivity contribution in [3.05, 3.63) is 194 Å². The maximum Gasteiger partial charge on any atom is 0.0973 e. The Balaban J connectivity index is 1.14. The van der Waals surface area contributed by atoms with Crippen LogP contribution >= 0.6 is 0 Å². The summed E-state index contributed by atoms with van der Waals surface area (Å²) in [4.78, 5) is 12.6. The van der Waals surface area contributed by atoms with Gasteiger partial charge in [-0.05, 0) is 60.7 Å². The van der Waals surface area contributed by atoms with Crippen molar-refractivity contribution in [2.45, 2.75) is 0 Å². The SMILES string of the molecule is c1ccc(-c2nc3ccccc3nc2-c2ccc(N(c3ccccc3)c3cccc4c(-n5c6ccccc6c6ccccc65)cccc34)cc2)cc1. The molecule has 0 radical (unpaired) electrons. The number of rotatable bonds is 6. The van der Waals surface area contributed by atoms with Crippen molar-refractivity contribution in [2.75, 3.05) is 4.90 Å². The second-order valence-corrected chi connectivity index (χ2v) is 13.0. The first-order valence-corrected chi connectivity index (χ1v) is 17.6. The lowest BCUT2D eigenvalue weighted by Gasteiger charge is -2.27. The van der Waals surface area contributed by atoms with Gasteiger partial charge >= 0.3 is 0 Å². The molecule has 8 aromatic carbocycles. The summed E-state index contributed by atoms with van der Waals surface area (Å²) in [6.45, 7) is 0. The van der Waals surface area contributed by atoms with E-state index in [-0.39, 0.29) is 0 Å². The number of benzene rings is 8. The molecule has 10 rings (SSSR count). The first-order chi connectivity index (χ1) is 25.8. The monoisotopic (exact) mass is 664 g/mol. The molecule has 0 amide bonds. The molecule has 0 aliphatic heterocycles. The summed E-state index contributed by atoms with van der Waals surface area (Å²) in [6, 6.07) is 68.4. The Kier molecular flexibility index (Phi) is 7.10. The Morgan fingerprint density at radius 1 is 0.346 bits per heavy atom. The zero-order valence-electron chi connectivity index (χ0n) is 28.3. The van der Waals surface area contributed by atoms with E-state index >= 15 is 0 Å². The van der Waals surface area contributed by atoms with E-state index < -0.39 is 0 Å². The third kappa shape index (κ3) is 4.92. The Hall–Kier alpha value is -7.04. The zero-order valence-corrected chi connectivity index (χ0v) is 28.3. The van der Waals surface area contributed by atoms with Crippen LogP contribution in [0.2, 0.25) is 0 Å². The highest BCUT2D eigenvalue weighted by Crippen LogP contribution is 2.42. The Morgan fingerprint density at radius 2 is 0.827 bits per heavy atom. The molecule has 244 valence electrons. The number of para-hydroxylation sites is 5. The maximum absolute atomic E-state index is 5.15. The molecular weight excluding hydrogens is 633 g/mol. The number of hydrogen-bond acceptors (Lipinski definition) is 3. The van der Waals surface area contributed by atoms with Gasteiger partial charge in [0.1, 0.15) is 0 Å². The highest BCUT2D eigenvalue weighted by atomic mass is 15.1. The molecule has 0 saturated carbocycles. The van der Waals surface area contributed by atoms with Gasteiger partial charge in [0, 0.05) is 44.0 Å². The summed E-state index contributed by atoms with van der Waals surface area (Å²) in [6.07, 6.45) is 0. The van der Waals surface area contributed by atoms with Crippen molar-refractivity contribution in [3.8, 4) is 28.2 Å². The van der Waals surface area contributed by atoms with Crippen LogP contribution in [0.15, 0.2) is 194 Å². The summed E-state index contributed by atoms with van der Waals surface area (Å²) < 4.78 is 2.41. The van der Waals surface area contributed by atoms with Crippen LogP contribution < -0.4 is 4.90 Å². The van der Waals surface area contributed by atoms with E-state index in [9.17, 15) is 0 Å². The van der Waals surface area contributed by atoms with Crippen molar-refractivity contribution in [1.29, 1.82) is 0 Å². The van der Waals surface area contributed by atoms with E-state index in [1.54, 1.807) is 0 Å². The van der Waals surface area contributed by atoms with Gasteiger partial charge in [-0.2, -0.15) is 0 Å². The van der Waals surface area contributed by atoms with Crippen molar-refractivity contribution >= 4 is 60.7 Å². The Morgan fingerprint density at radius 3 is 1.48 bits per heavy atom. The maximum atomic E-state index is 5.15. The third-order valence-electron chi connectivity index (χ3n) is 9.97. The number of nitrogens with zero attached hydrogens (tertiary/aromatic N) is 4. The lowest BCUT2D eigenvalue weighted by Crippen LogP contribution is -2.10. The molecule has 4 nitrogen and oxygen atoms in total. The molecule has 0 saturated heterocycles. The molecule has 0 atom stereocenters. The second-order valence-electron chi connectivity index (χ2n) is 13.0. The lowest BCUT2D eigenvalue weighted by molar-refractivity contribution is 1.20. The fourth-order valence-electron chi connectivity index (χ4n) is 7.62. The predicted octanol–water partition coefficient (Wildman–Crippen LogP) is 12.7. The van der Waals surface area contributed by atoms with Gasteiger partial charge in [0.25, 0.3) is 0 Å². The molecule has 0 bridgehead atoms. The van der Waals surface area contributed by atoms with Gasteiger partial charge in [0.15, 0.2) is 0 Å². The molecule has 52 heavy (non-hydrogen) atoms. The molecule has 0 unspecified atom stereocenters. The summed E-state index contributed by atoms with van der Waals surface area (Å²) in [5, 5.41) is 4.86. The first-order valence-electron chi connectivity index (χ1n) is 17.6. The first kappa shape index (κ1) is 29.8. The fraction of sp³-hybridized carbons (Fsp3) is 0. The van der Waals surface area contributed by atoms with Gasteiger partial charge in [-0.3, -0.25) is 0 Å². The fourth-order valence-corrected chi connectivity index (χ4v) is 7.62. The molecule has 2 aromatic heterocycles. The summed E-state index contributed by atoms with van der Waals surface area (Å²) in [5.74, 6) is 0. The average Bonchev–Trinajstić information content (AvgIpc) is 3.55. The van der Waals surface area contributed by atoms with Gasteiger partial charge in [-0.1, -0.05) is 133 Å². The van der Waals surface area contributed by atoms with Crippen LogP contribution in [-0.4, -0.2) is 14.5 Å². The highest BCUT2D eigenvalue weighted by molar-refractivity contribution is 6.11. The molecule has 0 N–H and O–H groups in total. The molecule has 0 spiro atoms. The molecule has 0 aliphatic carbocycles. The minimum Gasteiger partial charge on any atom is -0.310 e. The van der Waals surface area contributed by atoms with Crippen LogP contribution in [-0.2, 0) is 0 Å². The van der Waals surface area contributed by atoms with Gasteiger partial charge in [0.05, 0.1) is 44.8 Å². The Bertz CT molecular complexity index is 2840. The molecule has 4 heteroatoms. The van der Waals surface area contributed by atoms with Crippen LogP contribution in [0, 0.1) is 0 Å². The van der Waals surface area contributed by atoms with Crippen LogP contribution in [0.5, 0.6) is 0 Å². The topological polar surface area (TPSA) is 34.0 Å². The standard InChI is InChI=1S/C48H32N4/c1-3-15-33(16-4-1)47-48(50-42-24-10-9-23-41(42)49-47)34-29-31-36(32-30-34)51(35-17-5-2-6-18-35)43-27-13-22-40-39(43)21-14-28-46(40)52-44-25-11-7-19-37(44)38-20-8-12-26-45(38)52/h1-32H. The van der Waals surface area contributed by atoms with Crippen LogP contribution in [0.25, 0.3) is 71.8 Å². The van der Waals surface area contributed by atoms with E-state index in [1.165, 1.54) is 32.6 Å². The highest BCUT2D eigenvalue weighted by Gasteiger charge is 2.20. The smallest absolute Gasteiger partial charge is 0.0973 e. The van der Waals surface area contributed by atoms with Gasteiger partial charge in [-0.25, -0.2) is 9.97 Å². The normalized spacial score (nSPS) is 11.5. The van der Waals surface area contributed by atoms with Crippen LogP contribution in [0.3, 0.4) is 0 Å². The van der Waals surface area contributed by atoms with Crippen LogP contribution in [0.4, 0.5) is 17.1 Å². The molecule has 2 heterocycles. The predicted molar refractivity (Wildman–Crippen MR) is 217 cm³/mol. The third-order valence-corrected chi connectivity index (χ3v) is 9.97. The Labute approximate surface area is 301 Å². The second kappa shape index (κ2) is 12.4. The molecular formula is C48H32N4. The number of aromatic nitrogens is 3. The summed E-state index contributed by atoms with van der Waals surface area (Å²) in [5.41, 5.74) is 12.4. The summed E-state index contributed by atoms with van der Waals surface area (Å²) in [7, 11) is 0. The van der Waals surface area contributed by atoms with E-state index in [4.69, 9.17) is 9.97 Å². The average molecular weight is 665 g/mol. The van der Waals surface area contributed by atoms with Crippen molar-refractivity contribution in [3.63, 3.8) is 0 Å². The van der Waals surface area contributed by atoms with Gasteiger partial charge in [-0.15, -0.1) is 0 Å². The van der Waals surface area contributed by atoms with Gasteiger partial charge < -0.3 is 9.47 Å². The van der Waals surface area contributed by atoms with E-state index in [0.29, 0.717) is 0 Å². The van der Waals surface area contributed by atoms with Crippen molar-refractivity contribution in [1.82, 2.24) is 14.5 Å². The molecule has 0 aliphatic rings. The number of fused-ring (bicyclic) bond motifs is 5. The molecule has 10 aromatic rings. The lowest BCUT2D eigenvalue weighted by atomic mass is 10.0. The van der Waals surface area contributed by atoms with Crippen molar-refractivity contribution in [2.24, 2.45) is 0 Å². The van der Waals surface area contributed by atoms with E-state index in [2.05, 4.69) is 161 Å². The zero-order chi connectivity index (χ0) is 34.4. The quantitative estimate of drug-likeness (QED) is 0.177. The number of anilines is 3. The minimum atomic E-state index is 0.865. The van der Waals surface area contributed by atoms with Gasteiger partial charge in [0.2, 0.25) is 0 Å². The molecule has 0 fully saturated rings. The minimum absolute atomic E-state index is 0.865. The largest absolute Gasteiger partial charge is 0.310 e. The van der Waals surface area contributed by atoms with Crippen LogP contribution in [0.1, 0.15) is 0 Å².